The number of alkyl halides is 1. The summed E-state index contributed by atoms with van der Waals surface area (Å²) in [6.07, 6.45) is -0.776. The molecule has 0 radical (unpaired) electrons. The van der Waals surface area contributed by atoms with Crippen LogP contribution >= 0.6 is 0 Å². The molecule has 0 saturated carbocycles. The maximum absolute atomic E-state index is 13.8. The highest BCUT2D eigenvalue weighted by atomic mass is 19.1. The zero-order valence-corrected chi connectivity index (χ0v) is 9.25. The monoisotopic (exact) mass is 249 g/mol. The molecule has 3 rings (SSSR count). The molecule has 4 nitrogen and oxygen atoms in total. The van der Waals surface area contributed by atoms with Crippen molar-refractivity contribution in [2.75, 3.05) is 0 Å². The third-order valence-electron chi connectivity index (χ3n) is 3.05. The number of aromatic nitrogens is 3. The topological polar surface area (TPSA) is 47.8 Å². The summed E-state index contributed by atoms with van der Waals surface area (Å²) >= 11 is 0. The summed E-state index contributed by atoms with van der Waals surface area (Å²) in [6.45, 7) is 0. The average Bonchev–Trinajstić information content (AvgIpc) is 2.91. The fourth-order valence-electron chi connectivity index (χ4n) is 2.25. The van der Waals surface area contributed by atoms with Crippen molar-refractivity contribution in [3.8, 4) is 0 Å². The molecule has 1 aliphatic heterocycles. The normalized spacial score (nSPS) is 21.9. The number of hydrogen-bond donors (Lipinski definition) is 0. The van der Waals surface area contributed by atoms with E-state index in [-0.39, 0.29) is 18.1 Å². The van der Waals surface area contributed by atoms with Crippen LogP contribution in [0.3, 0.4) is 0 Å². The van der Waals surface area contributed by atoms with Crippen molar-refractivity contribution in [1.82, 2.24) is 14.8 Å². The van der Waals surface area contributed by atoms with Crippen molar-refractivity contribution < 1.29 is 13.6 Å². The standard InChI is InChI=1S/C12H9F2N3O/c13-8-4-2-1-3-7(8)10-5-9(14)12-15-11(6-18)16-17(10)12/h1-4,6,9-10H,5H2. The molecular weight excluding hydrogens is 240 g/mol. The van der Waals surface area contributed by atoms with E-state index in [1.54, 1.807) is 18.2 Å². The molecule has 0 N–H and O–H groups in total. The molecule has 1 aliphatic rings. The van der Waals surface area contributed by atoms with Gasteiger partial charge in [-0.05, 0) is 6.07 Å². The van der Waals surface area contributed by atoms with E-state index in [9.17, 15) is 13.6 Å². The van der Waals surface area contributed by atoms with E-state index >= 15 is 0 Å². The molecule has 2 unspecified atom stereocenters. The lowest BCUT2D eigenvalue weighted by molar-refractivity contribution is 0.111. The first kappa shape index (κ1) is 11.0. The number of carbonyl (C=O) groups excluding carboxylic acids is 1. The van der Waals surface area contributed by atoms with Gasteiger partial charge in [-0.2, -0.15) is 0 Å². The summed E-state index contributed by atoms with van der Waals surface area (Å²) in [5.74, 6) is -0.398. The predicted octanol–water partition coefficient (Wildman–Crippen LogP) is 2.23. The lowest BCUT2D eigenvalue weighted by Crippen LogP contribution is -2.09. The molecule has 0 spiro atoms. The highest BCUT2D eigenvalue weighted by molar-refractivity contribution is 5.68. The van der Waals surface area contributed by atoms with E-state index in [1.807, 2.05) is 0 Å². The van der Waals surface area contributed by atoms with Gasteiger partial charge in [0, 0.05) is 12.0 Å². The predicted molar refractivity (Wildman–Crippen MR) is 58.4 cm³/mol. The van der Waals surface area contributed by atoms with Gasteiger partial charge in [0.2, 0.25) is 5.82 Å². The zero-order chi connectivity index (χ0) is 12.7. The summed E-state index contributed by atoms with van der Waals surface area (Å²) in [7, 11) is 0. The number of nitrogens with zero attached hydrogens (tertiary/aromatic N) is 3. The first-order chi connectivity index (χ1) is 8.70. The summed E-state index contributed by atoms with van der Waals surface area (Å²) in [4.78, 5) is 14.4. The second-order valence-electron chi connectivity index (χ2n) is 4.13. The van der Waals surface area contributed by atoms with Crippen LogP contribution in [0.1, 0.15) is 40.6 Å². The molecule has 0 fully saturated rings. The molecule has 0 amide bonds. The molecule has 1 aromatic carbocycles. The second kappa shape index (κ2) is 3.97. The van der Waals surface area contributed by atoms with Crippen LogP contribution in [-0.2, 0) is 0 Å². The minimum Gasteiger partial charge on any atom is -0.294 e. The quantitative estimate of drug-likeness (QED) is 0.767. The van der Waals surface area contributed by atoms with Crippen molar-refractivity contribution >= 4 is 6.29 Å². The summed E-state index contributed by atoms with van der Waals surface area (Å²) in [5, 5.41) is 3.89. The van der Waals surface area contributed by atoms with Crippen LogP contribution in [0.15, 0.2) is 24.3 Å². The van der Waals surface area contributed by atoms with Crippen molar-refractivity contribution in [2.45, 2.75) is 18.6 Å². The molecule has 1 aromatic heterocycles. The van der Waals surface area contributed by atoms with E-state index in [0.717, 1.165) is 0 Å². The number of halogens is 2. The molecule has 2 atom stereocenters. The van der Waals surface area contributed by atoms with Gasteiger partial charge in [-0.1, -0.05) is 18.2 Å². The van der Waals surface area contributed by atoms with Crippen LogP contribution in [0.2, 0.25) is 0 Å². The van der Waals surface area contributed by atoms with Gasteiger partial charge in [-0.15, -0.1) is 5.10 Å². The maximum atomic E-state index is 13.8. The van der Waals surface area contributed by atoms with Crippen LogP contribution < -0.4 is 0 Å². The lowest BCUT2D eigenvalue weighted by atomic mass is 10.0. The van der Waals surface area contributed by atoms with Crippen LogP contribution in [0.5, 0.6) is 0 Å². The third-order valence-corrected chi connectivity index (χ3v) is 3.05. The van der Waals surface area contributed by atoms with Gasteiger partial charge in [0.15, 0.2) is 18.3 Å². The van der Waals surface area contributed by atoms with Gasteiger partial charge in [0.05, 0.1) is 6.04 Å². The second-order valence-corrected chi connectivity index (χ2v) is 4.13. The van der Waals surface area contributed by atoms with Crippen LogP contribution in [0, 0.1) is 5.82 Å². The van der Waals surface area contributed by atoms with Gasteiger partial charge in [0.1, 0.15) is 5.82 Å². The lowest BCUT2D eigenvalue weighted by Gasteiger charge is -2.12. The van der Waals surface area contributed by atoms with E-state index in [1.165, 1.54) is 10.7 Å². The summed E-state index contributed by atoms with van der Waals surface area (Å²) < 4.78 is 28.8. The minimum atomic E-state index is -1.32. The Hall–Kier alpha value is -2.11. The zero-order valence-electron chi connectivity index (χ0n) is 9.25. The number of hydrogen-bond acceptors (Lipinski definition) is 3. The number of fused-ring (bicyclic) bond motifs is 1. The molecule has 2 heterocycles. The summed E-state index contributed by atoms with van der Waals surface area (Å²) in [6, 6.07) is 5.61. The molecule has 0 aliphatic carbocycles. The smallest absolute Gasteiger partial charge is 0.214 e. The molecule has 2 aromatic rings. The van der Waals surface area contributed by atoms with E-state index in [4.69, 9.17) is 0 Å². The van der Waals surface area contributed by atoms with Crippen molar-refractivity contribution in [1.29, 1.82) is 0 Å². The van der Waals surface area contributed by atoms with Crippen molar-refractivity contribution in [2.24, 2.45) is 0 Å². The fraction of sp³-hybridized carbons (Fsp3) is 0.250. The van der Waals surface area contributed by atoms with Crippen LogP contribution in [0.4, 0.5) is 8.78 Å². The highest BCUT2D eigenvalue weighted by Gasteiger charge is 2.36. The van der Waals surface area contributed by atoms with Crippen molar-refractivity contribution in [3.63, 3.8) is 0 Å². The SMILES string of the molecule is O=Cc1nc2n(n1)C(c1ccccc1F)CC2F. The Morgan fingerprint density at radius 2 is 2.17 bits per heavy atom. The Balaban J connectivity index is 2.09. The molecular formula is C12H9F2N3O. The molecule has 18 heavy (non-hydrogen) atoms. The third kappa shape index (κ3) is 1.53. The first-order valence-corrected chi connectivity index (χ1v) is 5.51. The maximum Gasteiger partial charge on any atom is 0.214 e. The molecule has 0 saturated heterocycles. The van der Waals surface area contributed by atoms with Gasteiger partial charge >= 0.3 is 0 Å². The summed E-state index contributed by atoms with van der Waals surface area (Å²) in [5.41, 5.74) is 0.362. The Kier molecular flexibility index (Phi) is 2.43. The Labute approximate surface area is 101 Å². The number of rotatable bonds is 2. The van der Waals surface area contributed by atoms with Crippen LogP contribution in [0.25, 0.3) is 0 Å². The molecule has 92 valence electrons. The number of carbonyl (C=O) groups is 1. The van der Waals surface area contributed by atoms with Gasteiger partial charge < -0.3 is 0 Å². The van der Waals surface area contributed by atoms with E-state index in [2.05, 4.69) is 10.1 Å². The Morgan fingerprint density at radius 1 is 1.39 bits per heavy atom. The highest BCUT2D eigenvalue weighted by Crippen LogP contribution is 2.39. The molecule has 0 bridgehead atoms. The van der Waals surface area contributed by atoms with Crippen molar-refractivity contribution in [3.05, 3.63) is 47.3 Å². The number of aldehydes is 1. The van der Waals surface area contributed by atoms with Gasteiger partial charge in [-0.3, -0.25) is 4.79 Å². The van der Waals surface area contributed by atoms with E-state index < -0.39 is 18.0 Å². The number of benzene rings is 1. The van der Waals surface area contributed by atoms with E-state index in [0.29, 0.717) is 11.8 Å². The fourth-order valence-corrected chi connectivity index (χ4v) is 2.25. The molecule has 6 heteroatoms. The van der Waals surface area contributed by atoms with Gasteiger partial charge in [0.25, 0.3) is 0 Å². The minimum absolute atomic E-state index is 0.0753. The largest absolute Gasteiger partial charge is 0.294 e. The first-order valence-electron chi connectivity index (χ1n) is 5.51. The van der Waals surface area contributed by atoms with Gasteiger partial charge in [-0.25, -0.2) is 18.4 Å². The van der Waals surface area contributed by atoms with Crippen LogP contribution in [-0.4, -0.2) is 21.1 Å². The average molecular weight is 249 g/mol. The Bertz CT molecular complexity index is 611. The Morgan fingerprint density at radius 3 is 2.89 bits per heavy atom.